The molecular weight excluding hydrogens is 310 g/mol. The molecule has 0 aliphatic heterocycles. The van der Waals surface area contributed by atoms with Gasteiger partial charge in [0.1, 0.15) is 11.9 Å². The van der Waals surface area contributed by atoms with E-state index < -0.39 is 11.2 Å². The molecule has 124 valence electrons. The molecule has 1 aromatic heterocycles. The van der Waals surface area contributed by atoms with Crippen molar-refractivity contribution in [2.24, 2.45) is 14.1 Å². The molecule has 8 nitrogen and oxygen atoms in total. The first kappa shape index (κ1) is 17.0. The number of nitrogens with one attached hydrogen (secondary N) is 2. The lowest BCUT2D eigenvalue weighted by Crippen LogP contribution is -2.39. The Bertz CT molecular complexity index is 932. The van der Waals surface area contributed by atoms with Crippen LogP contribution in [0.1, 0.15) is 21.5 Å². The Morgan fingerprint density at radius 3 is 2.33 bits per heavy atom. The van der Waals surface area contributed by atoms with E-state index in [1.165, 1.54) is 18.7 Å². The fraction of sp³-hybridized carbons (Fsp3) is 0.250. The first-order chi connectivity index (χ1) is 11.4. The highest BCUT2D eigenvalue weighted by atomic mass is 16.2. The molecule has 1 amide bonds. The summed E-state index contributed by atoms with van der Waals surface area (Å²) < 4.78 is 2.11. The average molecular weight is 327 g/mol. The summed E-state index contributed by atoms with van der Waals surface area (Å²) in [6.45, 7) is 0.295. The van der Waals surface area contributed by atoms with Crippen LogP contribution < -0.4 is 21.9 Å². The first-order valence-electron chi connectivity index (χ1n) is 7.15. The molecule has 0 fully saturated rings. The van der Waals surface area contributed by atoms with Gasteiger partial charge in [-0.25, -0.2) is 4.79 Å². The fourth-order valence-electron chi connectivity index (χ4n) is 2.26. The van der Waals surface area contributed by atoms with E-state index in [-0.39, 0.29) is 17.3 Å². The highest BCUT2D eigenvalue weighted by Crippen LogP contribution is 2.11. The molecule has 1 aromatic carbocycles. The van der Waals surface area contributed by atoms with E-state index in [0.717, 1.165) is 10.1 Å². The number of carbonyl (C=O) groups excluding carboxylic acids is 1. The van der Waals surface area contributed by atoms with Gasteiger partial charge in [0.05, 0.1) is 0 Å². The topological polar surface area (TPSA) is 109 Å². The molecule has 0 aliphatic rings. The van der Waals surface area contributed by atoms with Crippen molar-refractivity contribution in [3.05, 3.63) is 61.8 Å². The Hall–Kier alpha value is -3.34. The summed E-state index contributed by atoms with van der Waals surface area (Å²) in [6, 6.07) is 8.68. The second kappa shape index (κ2) is 6.83. The molecule has 0 unspecified atom stereocenters. The molecular formula is C16H17N5O3. The summed E-state index contributed by atoms with van der Waals surface area (Å²) in [4.78, 5) is 35.5. The maximum atomic E-state index is 12.0. The van der Waals surface area contributed by atoms with Gasteiger partial charge in [0.15, 0.2) is 5.56 Å². The number of hydrogen-bond donors (Lipinski definition) is 2. The Labute approximate surface area is 138 Å². The quantitative estimate of drug-likeness (QED) is 0.817. The molecule has 0 saturated carbocycles. The van der Waals surface area contributed by atoms with Gasteiger partial charge in [-0.1, -0.05) is 12.1 Å². The SMILES string of the molecule is CNC(=O)c1ccc(CNc2c(C#N)c(=O)n(C)c(=O)n2C)cc1. The van der Waals surface area contributed by atoms with Gasteiger partial charge in [-0.05, 0) is 17.7 Å². The number of anilines is 1. The zero-order valence-corrected chi connectivity index (χ0v) is 13.6. The van der Waals surface area contributed by atoms with E-state index in [1.807, 2.05) is 6.07 Å². The smallest absolute Gasteiger partial charge is 0.332 e. The molecule has 2 rings (SSSR count). The second-order valence-electron chi connectivity index (χ2n) is 5.17. The van der Waals surface area contributed by atoms with Crippen LogP contribution in [-0.4, -0.2) is 22.1 Å². The number of hydrogen-bond acceptors (Lipinski definition) is 5. The van der Waals surface area contributed by atoms with E-state index in [2.05, 4.69) is 10.6 Å². The number of benzene rings is 1. The van der Waals surface area contributed by atoms with Crippen LogP contribution in [0.3, 0.4) is 0 Å². The van der Waals surface area contributed by atoms with E-state index in [0.29, 0.717) is 12.1 Å². The third-order valence-electron chi connectivity index (χ3n) is 3.68. The maximum absolute atomic E-state index is 12.0. The minimum atomic E-state index is -0.641. The predicted molar refractivity (Wildman–Crippen MR) is 88.8 cm³/mol. The van der Waals surface area contributed by atoms with Gasteiger partial charge in [-0.2, -0.15) is 5.26 Å². The third-order valence-corrected chi connectivity index (χ3v) is 3.68. The largest absolute Gasteiger partial charge is 0.366 e. The zero-order valence-electron chi connectivity index (χ0n) is 13.6. The number of carbonyl (C=O) groups is 1. The second-order valence-corrected chi connectivity index (χ2v) is 5.17. The number of nitriles is 1. The monoisotopic (exact) mass is 327 g/mol. The lowest BCUT2D eigenvalue weighted by molar-refractivity contribution is 0.0963. The Morgan fingerprint density at radius 1 is 1.17 bits per heavy atom. The molecule has 0 spiro atoms. The molecule has 0 aliphatic carbocycles. The summed E-state index contributed by atoms with van der Waals surface area (Å²) in [6.07, 6.45) is 0. The summed E-state index contributed by atoms with van der Waals surface area (Å²) >= 11 is 0. The third kappa shape index (κ3) is 3.05. The van der Waals surface area contributed by atoms with E-state index in [4.69, 9.17) is 0 Å². The minimum absolute atomic E-state index is 0.124. The number of nitrogens with zero attached hydrogens (tertiary/aromatic N) is 3. The van der Waals surface area contributed by atoms with Crippen molar-refractivity contribution in [1.29, 1.82) is 5.26 Å². The van der Waals surface area contributed by atoms with Gasteiger partial charge in [0.2, 0.25) is 0 Å². The number of rotatable bonds is 4. The van der Waals surface area contributed by atoms with Gasteiger partial charge in [0.25, 0.3) is 11.5 Å². The number of amides is 1. The van der Waals surface area contributed by atoms with Gasteiger partial charge in [-0.3, -0.25) is 18.7 Å². The van der Waals surface area contributed by atoms with Crippen LogP contribution >= 0.6 is 0 Å². The summed E-state index contributed by atoms with van der Waals surface area (Å²) in [5.74, 6) is -0.0174. The van der Waals surface area contributed by atoms with Crippen molar-refractivity contribution in [3.63, 3.8) is 0 Å². The van der Waals surface area contributed by atoms with Crippen molar-refractivity contribution in [2.75, 3.05) is 12.4 Å². The molecule has 24 heavy (non-hydrogen) atoms. The highest BCUT2D eigenvalue weighted by Gasteiger charge is 2.15. The molecule has 1 heterocycles. The summed E-state index contributed by atoms with van der Waals surface area (Å²) in [5, 5.41) is 14.7. The summed E-state index contributed by atoms with van der Waals surface area (Å²) in [7, 11) is 4.37. The van der Waals surface area contributed by atoms with Crippen LogP contribution in [0.2, 0.25) is 0 Å². The van der Waals surface area contributed by atoms with Crippen LogP contribution in [0.4, 0.5) is 5.82 Å². The van der Waals surface area contributed by atoms with Gasteiger partial charge >= 0.3 is 5.69 Å². The van der Waals surface area contributed by atoms with E-state index >= 15 is 0 Å². The Morgan fingerprint density at radius 2 is 1.79 bits per heavy atom. The average Bonchev–Trinajstić information content (AvgIpc) is 2.61. The van der Waals surface area contributed by atoms with Crippen molar-refractivity contribution < 1.29 is 4.79 Å². The number of aromatic nitrogens is 2. The fourth-order valence-corrected chi connectivity index (χ4v) is 2.26. The van der Waals surface area contributed by atoms with Crippen molar-refractivity contribution in [3.8, 4) is 6.07 Å². The highest BCUT2D eigenvalue weighted by molar-refractivity contribution is 5.93. The molecule has 2 N–H and O–H groups in total. The van der Waals surface area contributed by atoms with Crippen molar-refractivity contribution >= 4 is 11.7 Å². The predicted octanol–water partition coefficient (Wildman–Crippen LogP) is -0.0726. The van der Waals surface area contributed by atoms with Crippen molar-refractivity contribution in [2.45, 2.75) is 6.54 Å². The van der Waals surface area contributed by atoms with Crippen LogP contribution in [0.15, 0.2) is 33.9 Å². The summed E-state index contributed by atoms with van der Waals surface area (Å²) in [5.41, 5.74) is 0.0794. The molecule has 2 aromatic rings. The van der Waals surface area contributed by atoms with Gasteiger partial charge in [-0.15, -0.1) is 0 Å². The molecule has 0 bridgehead atoms. The van der Waals surface area contributed by atoms with Gasteiger partial charge < -0.3 is 10.6 Å². The molecule has 0 radical (unpaired) electrons. The van der Waals surface area contributed by atoms with Crippen LogP contribution in [0, 0.1) is 11.3 Å². The van der Waals surface area contributed by atoms with Crippen LogP contribution in [0.5, 0.6) is 0 Å². The molecule has 8 heteroatoms. The normalized spacial score (nSPS) is 10.1. The first-order valence-corrected chi connectivity index (χ1v) is 7.15. The van der Waals surface area contributed by atoms with E-state index in [1.54, 1.807) is 31.3 Å². The minimum Gasteiger partial charge on any atom is -0.366 e. The van der Waals surface area contributed by atoms with Crippen LogP contribution in [-0.2, 0) is 20.6 Å². The van der Waals surface area contributed by atoms with Crippen LogP contribution in [0.25, 0.3) is 0 Å². The Balaban J connectivity index is 2.30. The molecule has 0 atom stereocenters. The lowest BCUT2D eigenvalue weighted by Gasteiger charge is -2.13. The zero-order chi connectivity index (χ0) is 17.9. The Kier molecular flexibility index (Phi) is 4.84. The standard InChI is InChI=1S/C16H17N5O3/c1-18-14(22)11-6-4-10(5-7-11)9-19-13-12(8-17)15(23)21(3)16(24)20(13)2/h4-7,19H,9H2,1-3H3,(H,18,22). The van der Waals surface area contributed by atoms with E-state index in [9.17, 15) is 19.6 Å². The lowest BCUT2D eigenvalue weighted by atomic mass is 10.1. The van der Waals surface area contributed by atoms with Gasteiger partial charge in [0, 0.05) is 33.3 Å². The maximum Gasteiger partial charge on any atom is 0.332 e. The van der Waals surface area contributed by atoms with Crippen molar-refractivity contribution in [1.82, 2.24) is 14.5 Å². The molecule has 0 saturated heterocycles.